The molecular formula is C19H27N5O3S. The third kappa shape index (κ3) is 4.05. The molecule has 0 aliphatic carbocycles. The summed E-state index contributed by atoms with van der Waals surface area (Å²) in [6, 6.07) is 5.00. The quantitative estimate of drug-likeness (QED) is 0.811. The Hall–Kier alpha value is -2.39. The van der Waals surface area contributed by atoms with Crippen molar-refractivity contribution in [1.82, 2.24) is 9.78 Å². The molecule has 3 rings (SSSR count). The molecule has 2 aromatic rings. The Morgan fingerprint density at radius 2 is 2.14 bits per heavy atom. The lowest BCUT2D eigenvalue weighted by Crippen LogP contribution is -2.33. The fourth-order valence-electron chi connectivity index (χ4n) is 3.18. The first-order chi connectivity index (χ1) is 13.0. The van der Waals surface area contributed by atoms with E-state index in [-0.39, 0.29) is 16.2 Å². The summed E-state index contributed by atoms with van der Waals surface area (Å²) in [6.45, 7) is 11.1. The number of fused-ring (bicyclic) bond motifs is 1. The van der Waals surface area contributed by atoms with Crippen LogP contribution in [0, 0.1) is 12.3 Å². The standard InChI is InChI=1S/C19H27N5O3S/c1-12(2)14-8-6-7-13(3)16(14)22-18(25)23-28(20,26)15-9-21-24-10-19(4,5)11-27-17(15)24/h6-9,12H,10-11H2,1-5H3,(H3,20,22,23,25,26). The highest BCUT2D eigenvalue weighted by Gasteiger charge is 2.32. The van der Waals surface area contributed by atoms with Gasteiger partial charge >= 0.3 is 6.03 Å². The largest absolute Gasteiger partial charge is 0.476 e. The minimum Gasteiger partial charge on any atom is -0.476 e. The summed E-state index contributed by atoms with van der Waals surface area (Å²) in [5.41, 5.74) is 2.43. The van der Waals surface area contributed by atoms with E-state index in [0.29, 0.717) is 24.7 Å². The van der Waals surface area contributed by atoms with Gasteiger partial charge in [-0.1, -0.05) is 45.9 Å². The number of aryl methyl sites for hydroxylation is 1. The minimum absolute atomic E-state index is 0.0988. The van der Waals surface area contributed by atoms with Gasteiger partial charge in [0.1, 0.15) is 4.90 Å². The molecule has 2 heterocycles. The maximum atomic E-state index is 13.0. The summed E-state index contributed by atoms with van der Waals surface area (Å²) in [6.07, 6.45) is 1.36. The zero-order valence-electron chi connectivity index (χ0n) is 16.9. The third-order valence-corrected chi connectivity index (χ3v) is 5.98. The van der Waals surface area contributed by atoms with E-state index in [4.69, 9.17) is 9.88 Å². The monoisotopic (exact) mass is 405 g/mol. The van der Waals surface area contributed by atoms with Crippen molar-refractivity contribution in [2.75, 3.05) is 11.9 Å². The number of anilines is 1. The van der Waals surface area contributed by atoms with Gasteiger partial charge in [0.2, 0.25) is 5.88 Å². The minimum atomic E-state index is -3.51. The number of aromatic nitrogens is 2. The molecule has 0 fully saturated rings. The highest BCUT2D eigenvalue weighted by Crippen LogP contribution is 2.33. The second kappa shape index (κ2) is 7.21. The number of benzene rings is 1. The Morgan fingerprint density at radius 1 is 1.43 bits per heavy atom. The number of urea groups is 1. The number of hydrogen-bond donors (Lipinski definition) is 2. The molecular weight excluding hydrogens is 378 g/mol. The Kier molecular flexibility index (Phi) is 5.24. The van der Waals surface area contributed by atoms with Crippen LogP contribution in [0.4, 0.5) is 10.5 Å². The molecule has 1 aliphatic heterocycles. The summed E-state index contributed by atoms with van der Waals surface area (Å²) in [4.78, 5) is 12.6. The zero-order chi connectivity index (χ0) is 20.7. The molecule has 2 amide bonds. The number of carbonyl (C=O) groups excluding carboxylic acids is 1. The van der Waals surface area contributed by atoms with Crippen LogP contribution in [0.5, 0.6) is 5.88 Å². The molecule has 8 nitrogen and oxygen atoms in total. The van der Waals surface area contributed by atoms with Crippen LogP contribution in [-0.4, -0.2) is 26.6 Å². The molecule has 9 heteroatoms. The van der Waals surface area contributed by atoms with Gasteiger partial charge in [-0.25, -0.2) is 18.8 Å². The molecule has 1 aromatic heterocycles. The second-order valence-electron chi connectivity index (χ2n) is 8.21. The van der Waals surface area contributed by atoms with Gasteiger partial charge in [-0.15, -0.1) is 4.36 Å². The zero-order valence-corrected chi connectivity index (χ0v) is 17.7. The number of ether oxygens (including phenoxy) is 1. The van der Waals surface area contributed by atoms with Crippen LogP contribution < -0.4 is 15.2 Å². The predicted octanol–water partition coefficient (Wildman–Crippen LogP) is 3.67. The first kappa shape index (κ1) is 20.3. The number of rotatable bonds is 3. The Morgan fingerprint density at radius 3 is 2.82 bits per heavy atom. The number of amides is 2. The molecule has 0 radical (unpaired) electrons. The van der Waals surface area contributed by atoms with Gasteiger partial charge in [-0.3, -0.25) is 0 Å². The van der Waals surface area contributed by atoms with Crippen LogP contribution in [0.1, 0.15) is 44.7 Å². The summed E-state index contributed by atoms with van der Waals surface area (Å²) < 4.78 is 24.1. The van der Waals surface area contributed by atoms with E-state index in [1.807, 2.05) is 52.8 Å². The second-order valence-corrected chi connectivity index (χ2v) is 9.97. The van der Waals surface area contributed by atoms with Crippen LogP contribution >= 0.6 is 0 Å². The first-order valence-corrected chi connectivity index (χ1v) is 10.7. The van der Waals surface area contributed by atoms with Crippen LogP contribution in [0.25, 0.3) is 0 Å². The highest BCUT2D eigenvalue weighted by molar-refractivity contribution is 7.91. The van der Waals surface area contributed by atoms with Crippen molar-refractivity contribution in [3.63, 3.8) is 0 Å². The van der Waals surface area contributed by atoms with Crippen molar-refractivity contribution in [3.8, 4) is 5.88 Å². The molecule has 1 aliphatic rings. The van der Waals surface area contributed by atoms with Crippen molar-refractivity contribution < 1.29 is 13.7 Å². The molecule has 152 valence electrons. The van der Waals surface area contributed by atoms with Gasteiger partial charge in [-0.05, 0) is 24.0 Å². The summed E-state index contributed by atoms with van der Waals surface area (Å²) in [5, 5.41) is 12.9. The van der Waals surface area contributed by atoms with Gasteiger partial charge in [0.15, 0.2) is 9.92 Å². The average Bonchev–Trinajstić information content (AvgIpc) is 2.98. The third-order valence-electron chi connectivity index (χ3n) is 4.63. The van der Waals surface area contributed by atoms with E-state index >= 15 is 0 Å². The number of nitrogens with one attached hydrogen (secondary N) is 1. The molecule has 1 aromatic carbocycles. The van der Waals surface area contributed by atoms with Gasteiger partial charge in [0.25, 0.3) is 0 Å². The Balaban J connectivity index is 1.91. The van der Waals surface area contributed by atoms with Crippen LogP contribution in [0.15, 0.2) is 33.7 Å². The SMILES string of the molecule is Cc1cccc(C(C)C)c1NC(=O)N=S(N)(=O)c1cnn2c1OCC(C)(C)C2. The maximum absolute atomic E-state index is 13.0. The van der Waals surface area contributed by atoms with Crippen LogP contribution in [-0.2, 0) is 16.5 Å². The van der Waals surface area contributed by atoms with Crippen molar-refractivity contribution in [1.29, 1.82) is 0 Å². The van der Waals surface area contributed by atoms with Gasteiger partial charge in [0.05, 0.1) is 19.3 Å². The fraction of sp³-hybridized carbons (Fsp3) is 0.474. The van der Waals surface area contributed by atoms with Crippen LogP contribution in [0.2, 0.25) is 0 Å². The smallest absolute Gasteiger partial charge is 0.354 e. The summed E-state index contributed by atoms with van der Waals surface area (Å²) in [5.74, 6) is 0.513. The Labute approximate surface area is 165 Å². The van der Waals surface area contributed by atoms with Crippen LogP contribution in [0.3, 0.4) is 0 Å². The highest BCUT2D eigenvalue weighted by atomic mass is 32.2. The van der Waals surface area contributed by atoms with Crippen molar-refractivity contribution in [2.45, 2.75) is 52.0 Å². The average molecular weight is 406 g/mol. The van der Waals surface area contributed by atoms with Gasteiger partial charge < -0.3 is 10.1 Å². The number of nitrogens with two attached hydrogens (primary N) is 1. The molecule has 0 bridgehead atoms. The van der Waals surface area contributed by atoms with E-state index in [9.17, 15) is 9.00 Å². The van der Waals surface area contributed by atoms with E-state index in [1.54, 1.807) is 4.68 Å². The number of para-hydroxylation sites is 1. The fourth-order valence-corrected chi connectivity index (χ4v) is 4.18. The number of carbonyl (C=O) groups is 1. The number of hydrogen-bond acceptors (Lipinski definition) is 4. The molecule has 0 saturated heterocycles. The van der Waals surface area contributed by atoms with E-state index < -0.39 is 15.9 Å². The molecule has 1 unspecified atom stereocenters. The van der Waals surface area contributed by atoms with Gasteiger partial charge in [0, 0.05) is 11.1 Å². The predicted molar refractivity (Wildman–Crippen MR) is 109 cm³/mol. The molecule has 28 heavy (non-hydrogen) atoms. The number of nitrogens with zero attached hydrogens (tertiary/aromatic N) is 3. The lowest BCUT2D eigenvalue weighted by molar-refractivity contribution is 0.0972. The topological polar surface area (TPSA) is 112 Å². The lowest BCUT2D eigenvalue weighted by atomic mass is 9.94. The van der Waals surface area contributed by atoms with E-state index in [2.05, 4.69) is 14.8 Å². The van der Waals surface area contributed by atoms with Crippen molar-refractivity contribution in [3.05, 3.63) is 35.5 Å². The van der Waals surface area contributed by atoms with Crippen molar-refractivity contribution >= 4 is 21.6 Å². The normalized spacial score (nSPS) is 17.4. The molecule has 0 saturated carbocycles. The molecule has 1 atom stereocenters. The Bertz CT molecular complexity index is 1030. The van der Waals surface area contributed by atoms with Crippen molar-refractivity contribution in [2.24, 2.45) is 14.9 Å². The van der Waals surface area contributed by atoms with E-state index in [0.717, 1.165) is 11.1 Å². The lowest BCUT2D eigenvalue weighted by Gasteiger charge is -2.30. The van der Waals surface area contributed by atoms with E-state index in [1.165, 1.54) is 6.20 Å². The maximum Gasteiger partial charge on any atom is 0.354 e. The summed E-state index contributed by atoms with van der Waals surface area (Å²) in [7, 11) is -3.51. The first-order valence-electron chi connectivity index (χ1n) is 9.14. The summed E-state index contributed by atoms with van der Waals surface area (Å²) >= 11 is 0. The molecule has 0 spiro atoms. The van der Waals surface area contributed by atoms with Gasteiger partial charge in [-0.2, -0.15) is 5.10 Å². The molecule has 3 N–H and O–H groups in total.